The smallest absolute Gasteiger partial charge is 0.238 e. The summed E-state index contributed by atoms with van der Waals surface area (Å²) in [5.74, 6) is 0.345. The lowest BCUT2D eigenvalue weighted by molar-refractivity contribution is -0.142. The van der Waals surface area contributed by atoms with Gasteiger partial charge in [0.05, 0.1) is 34.8 Å². The van der Waals surface area contributed by atoms with Crippen molar-refractivity contribution in [2.24, 2.45) is 5.41 Å². The predicted molar refractivity (Wildman–Crippen MR) is 197 cm³/mol. The van der Waals surface area contributed by atoms with Crippen LogP contribution in [0.25, 0.3) is 22.3 Å². The van der Waals surface area contributed by atoms with Crippen molar-refractivity contribution in [2.45, 2.75) is 103 Å². The fraction of sp³-hybridized carbons (Fsp3) is 0.525. The molecule has 2 saturated heterocycles. The molecule has 4 aliphatic rings. The van der Waals surface area contributed by atoms with Crippen molar-refractivity contribution >= 4 is 40.0 Å². The molecule has 3 fully saturated rings. The third-order valence-corrected chi connectivity index (χ3v) is 11.7. The van der Waals surface area contributed by atoms with Crippen LogP contribution in [0.3, 0.4) is 0 Å². The molecule has 1 N–H and O–H groups in total. The Kier molecular flexibility index (Phi) is 8.39. The van der Waals surface area contributed by atoms with Crippen molar-refractivity contribution in [1.29, 1.82) is 0 Å². The van der Waals surface area contributed by atoms with E-state index in [9.17, 15) is 14.0 Å². The van der Waals surface area contributed by atoms with E-state index in [4.69, 9.17) is 9.97 Å². The summed E-state index contributed by atoms with van der Waals surface area (Å²) >= 11 is 0. The van der Waals surface area contributed by atoms with Crippen LogP contribution in [0.4, 0.5) is 21.6 Å². The molecule has 0 unspecified atom stereocenters. The number of hydrogen-bond acceptors (Lipinski definition) is 7. The maximum atomic E-state index is 14.8. The van der Waals surface area contributed by atoms with Crippen LogP contribution >= 0.6 is 0 Å². The number of nitrogens with zero attached hydrogens (tertiary/aromatic N) is 7. The first-order valence-electron chi connectivity index (χ1n) is 18.7. The summed E-state index contributed by atoms with van der Waals surface area (Å²) in [5.41, 5.74) is 4.27. The maximum absolute atomic E-state index is 14.8. The van der Waals surface area contributed by atoms with E-state index < -0.39 is 16.6 Å². The SMILES string of the molecule is CC(C)n1cnc2cc(-c3ccc4c(c3)N([C@H]3C[C@@H](N5CCCCC5)C3)C(=O)C43CCN(C(=O)C(C)(C)C)CC3)nc(Nc3ccncc3F)c21. The van der Waals surface area contributed by atoms with Gasteiger partial charge in [0.25, 0.3) is 0 Å². The number of anilines is 3. The zero-order valence-electron chi connectivity index (χ0n) is 30.5. The number of piperidine rings is 2. The van der Waals surface area contributed by atoms with Gasteiger partial charge in [-0.15, -0.1) is 0 Å². The van der Waals surface area contributed by atoms with Crippen molar-refractivity contribution < 1.29 is 14.0 Å². The summed E-state index contributed by atoms with van der Waals surface area (Å²) in [5, 5.41) is 3.23. The van der Waals surface area contributed by atoms with E-state index in [1.165, 1.54) is 25.5 Å². The molecule has 3 aliphatic heterocycles. The number of carbonyl (C=O) groups excluding carboxylic acids is 2. The molecule has 10 nitrogen and oxygen atoms in total. The minimum atomic E-state index is -0.655. The molecule has 268 valence electrons. The molecule has 0 bridgehead atoms. The molecule has 0 radical (unpaired) electrons. The van der Waals surface area contributed by atoms with Gasteiger partial charge < -0.3 is 24.6 Å². The Morgan fingerprint density at radius 3 is 2.43 bits per heavy atom. The van der Waals surface area contributed by atoms with Crippen LogP contribution in [0.15, 0.2) is 49.1 Å². The monoisotopic (exact) mass is 692 g/mol. The maximum Gasteiger partial charge on any atom is 0.238 e. The van der Waals surface area contributed by atoms with Crippen LogP contribution in [0.1, 0.15) is 91.2 Å². The van der Waals surface area contributed by atoms with Gasteiger partial charge in [0.15, 0.2) is 11.6 Å². The number of fused-ring (bicyclic) bond motifs is 3. The second kappa shape index (κ2) is 12.7. The number of pyridine rings is 2. The molecule has 1 aromatic carbocycles. The van der Waals surface area contributed by atoms with Crippen LogP contribution in [-0.2, 0) is 15.0 Å². The molecule has 51 heavy (non-hydrogen) atoms. The fourth-order valence-electron chi connectivity index (χ4n) is 8.80. The van der Waals surface area contributed by atoms with E-state index in [2.05, 4.69) is 52.1 Å². The van der Waals surface area contributed by atoms with Crippen LogP contribution in [0, 0.1) is 11.2 Å². The summed E-state index contributed by atoms with van der Waals surface area (Å²) in [7, 11) is 0. The molecule has 1 aliphatic carbocycles. The Balaban J connectivity index is 1.18. The van der Waals surface area contributed by atoms with Gasteiger partial charge in [0.2, 0.25) is 11.8 Å². The van der Waals surface area contributed by atoms with Gasteiger partial charge in [0, 0.05) is 54.1 Å². The summed E-state index contributed by atoms with van der Waals surface area (Å²) in [6, 6.07) is 10.7. The van der Waals surface area contributed by atoms with E-state index in [1.807, 2.05) is 36.3 Å². The lowest BCUT2D eigenvalue weighted by atomic mass is 9.73. The number of likely N-dealkylation sites (tertiary alicyclic amines) is 2. The van der Waals surface area contributed by atoms with Gasteiger partial charge >= 0.3 is 0 Å². The van der Waals surface area contributed by atoms with Crippen molar-refractivity contribution in [1.82, 2.24) is 29.3 Å². The van der Waals surface area contributed by atoms with Crippen molar-refractivity contribution in [3.8, 4) is 11.3 Å². The zero-order chi connectivity index (χ0) is 35.7. The molecule has 4 aromatic rings. The molecule has 0 atom stereocenters. The second-order valence-corrected chi connectivity index (χ2v) is 16.4. The van der Waals surface area contributed by atoms with E-state index in [1.54, 1.807) is 18.6 Å². The van der Waals surface area contributed by atoms with Crippen molar-refractivity contribution in [3.63, 3.8) is 0 Å². The largest absolute Gasteiger partial charge is 0.342 e. The third kappa shape index (κ3) is 5.77. The molecule has 1 saturated carbocycles. The highest BCUT2D eigenvalue weighted by Crippen LogP contribution is 2.52. The first kappa shape index (κ1) is 33.7. The van der Waals surface area contributed by atoms with Crippen molar-refractivity contribution in [2.75, 3.05) is 36.4 Å². The quantitative estimate of drug-likeness (QED) is 0.228. The van der Waals surface area contributed by atoms with E-state index >= 15 is 0 Å². The Morgan fingerprint density at radius 1 is 1.00 bits per heavy atom. The molecular weight excluding hydrogens is 643 g/mol. The summed E-state index contributed by atoms with van der Waals surface area (Å²) in [6.07, 6.45) is 11.5. The Labute approximate surface area is 299 Å². The molecule has 6 heterocycles. The number of hydrogen-bond donors (Lipinski definition) is 1. The first-order valence-corrected chi connectivity index (χ1v) is 18.7. The standard InChI is InChI=1S/C40H49FN8O2/c1-25(2)48-24-43-33-22-32(45-36(35(33)48)44-31-11-14-42-23-30(31)41)26-9-10-29-34(19-26)49(28-20-27(21-28)46-15-7-6-8-16-46)38(51)40(29)12-17-47(18-13-40)37(50)39(3,4)5/h9-11,14,19,22-25,27-28H,6-8,12-13,15-18,20-21H2,1-5H3,(H,42,44,45)/t27-,28+. The third-order valence-electron chi connectivity index (χ3n) is 11.7. The molecule has 2 amide bonds. The van der Waals surface area contributed by atoms with Gasteiger partial charge in [-0.2, -0.15) is 0 Å². The lowest BCUT2D eigenvalue weighted by Gasteiger charge is -2.48. The highest BCUT2D eigenvalue weighted by Gasteiger charge is 2.56. The van der Waals surface area contributed by atoms with Crippen molar-refractivity contribution in [3.05, 3.63) is 60.4 Å². The number of amides is 2. The number of rotatable bonds is 6. The van der Waals surface area contributed by atoms with Gasteiger partial charge in [-0.1, -0.05) is 39.3 Å². The highest BCUT2D eigenvalue weighted by molar-refractivity contribution is 6.09. The van der Waals surface area contributed by atoms with Crippen LogP contribution in [0.2, 0.25) is 0 Å². The van der Waals surface area contributed by atoms with Gasteiger partial charge in [-0.25, -0.2) is 14.4 Å². The van der Waals surface area contributed by atoms with Gasteiger partial charge in [0.1, 0.15) is 5.52 Å². The topological polar surface area (TPSA) is 99.5 Å². The molecule has 1 spiro atoms. The number of benzene rings is 1. The van der Waals surface area contributed by atoms with E-state index in [-0.39, 0.29) is 29.6 Å². The molecule has 11 heteroatoms. The summed E-state index contributed by atoms with van der Waals surface area (Å²) in [6.45, 7) is 13.5. The Bertz CT molecular complexity index is 1980. The first-order chi connectivity index (χ1) is 24.4. The fourth-order valence-corrected chi connectivity index (χ4v) is 8.80. The average Bonchev–Trinajstić information content (AvgIpc) is 3.63. The minimum Gasteiger partial charge on any atom is -0.342 e. The predicted octanol–water partition coefficient (Wildman–Crippen LogP) is 7.23. The number of imidazole rings is 1. The van der Waals surface area contributed by atoms with Crippen LogP contribution in [-0.4, -0.2) is 79.4 Å². The second-order valence-electron chi connectivity index (χ2n) is 16.4. The minimum absolute atomic E-state index is 0.114. The Morgan fingerprint density at radius 2 is 1.75 bits per heavy atom. The summed E-state index contributed by atoms with van der Waals surface area (Å²) < 4.78 is 16.9. The summed E-state index contributed by atoms with van der Waals surface area (Å²) in [4.78, 5) is 48.5. The normalized spacial score (nSPS) is 22.1. The van der Waals surface area contributed by atoms with Crippen LogP contribution < -0.4 is 10.2 Å². The number of nitrogens with one attached hydrogen (secondary N) is 1. The zero-order valence-corrected chi connectivity index (χ0v) is 30.5. The average molecular weight is 693 g/mol. The lowest BCUT2D eigenvalue weighted by Crippen LogP contribution is -2.58. The molecule has 8 rings (SSSR count). The number of carbonyl (C=O) groups is 2. The van der Waals surface area contributed by atoms with E-state index in [0.29, 0.717) is 43.5 Å². The van der Waals surface area contributed by atoms with Gasteiger partial charge in [-0.3, -0.25) is 14.6 Å². The molecular formula is C40H49FN8O2. The number of aromatic nitrogens is 4. The number of halogens is 1. The molecule has 3 aromatic heterocycles. The van der Waals surface area contributed by atoms with E-state index in [0.717, 1.165) is 53.8 Å². The Hall–Kier alpha value is -4.38. The van der Waals surface area contributed by atoms with Crippen LogP contribution in [0.5, 0.6) is 0 Å². The highest BCUT2D eigenvalue weighted by atomic mass is 19.1. The van der Waals surface area contributed by atoms with Gasteiger partial charge in [-0.05, 0) is 89.2 Å².